The molecule has 0 radical (unpaired) electrons. The fourth-order valence-electron chi connectivity index (χ4n) is 1.79. The zero-order chi connectivity index (χ0) is 10.7. The third-order valence-corrected chi connectivity index (χ3v) is 2.53. The molecule has 80 valence electrons. The number of nitrogens with zero attached hydrogens (tertiary/aromatic N) is 3. The lowest BCUT2D eigenvalue weighted by molar-refractivity contribution is 0.281. The Morgan fingerprint density at radius 2 is 1.93 bits per heavy atom. The third-order valence-electron chi connectivity index (χ3n) is 2.53. The molecule has 1 aromatic heterocycles. The van der Waals surface area contributed by atoms with E-state index >= 15 is 0 Å². The van der Waals surface area contributed by atoms with Gasteiger partial charge in [0, 0.05) is 25.7 Å². The summed E-state index contributed by atoms with van der Waals surface area (Å²) in [6.45, 7) is 8.06. The van der Waals surface area contributed by atoms with Gasteiger partial charge >= 0.3 is 0 Å². The van der Waals surface area contributed by atoms with Crippen molar-refractivity contribution in [2.75, 3.05) is 18.0 Å². The molecule has 4 heteroatoms. The first-order valence-corrected chi connectivity index (χ1v) is 5.03. The van der Waals surface area contributed by atoms with Crippen molar-refractivity contribution < 1.29 is 5.11 Å². The second-order valence-corrected chi connectivity index (χ2v) is 3.34. The molecule has 1 aromatic rings. The molecule has 0 fully saturated rings. The normalized spacial score (nSPS) is 10.6. The van der Waals surface area contributed by atoms with Gasteiger partial charge in [0.1, 0.15) is 5.82 Å². The molecule has 0 aliphatic heterocycles. The minimum absolute atomic E-state index is 0.0610. The molecule has 0 spiro atoms. The van der Waals surface area contributed by atoms with E-state index in [1.807, 2.05) is 18.7 Å². The zero-order valence-electron chi connectivity index (χ0n) is 9.41. The van der Waals surface area contributed by atoms with Crippen LogP contribution in [0.4, 0.5) is 5.82 Å². The number of hydrogen-bond acceptors (Lipinski definition) is 3. The number of aryl methyl sites for hydroxylation is 2. The van der Waals surface area contributed by atoms with Crippen molar-refractivity contribution in [3.05, 3.63) is 11.3 Å². The zero-order valence-corrected chi connectivity index (χ0v) is 9.41. The number of aromatic nitrogens is 2. The van der Waals surface area contributed by atoms with Crippen LogP contribution in [0.3, 0.4) is 0 Å². The monoisotopic (exact) mass is 197 g/mol. The van der Waals surface area contributed by atoms with Gasteiger partial charge in [-0.3, -0.25) is 4.68 Å². The first-order chi connectivity index (χ1) is 6.65. The van der Waals surface area contributed by atoms with Crippen LogP contribution in [-0.2, 0) is 13.7 Å². The lowest BCUT2D eigenvalue weighted by atomic mass is 10.2. The third kappa shape index (κ3) is 1.75. The van der Waals surface area contributed by atoms with Crippen LogP contribution >= 0.6 is 0 Å². The predicted octanol–water partition coefficient (Wildman–Crippen LogP) is 1.07. The van der Waals surface area contributed by atoms with Gasteiger partial charge in [0.05, 0.1) is 12.3 Å². The molecule has 0 aliphatic rings. The molecule has 0 aromatic carbocycles. The quantitative estimate of drug-likeness (QED) is 0.785. The van der Waals surface area contributed by atoms with Crippen molar-refractivity contribution in [2.45, 2.75) is 27.4 Å². The molecule has 1 rings (SSSR count). The van der Waals surface area contributed by atoms with Crippen molar-refractivity contribution in [1.82, 2.24) is 9.78 Å². The van der Waals surface area contributed by atoms with E-state index in [1.165, 1.54) is 0 Å². The highest BCUT2D eigenvalue weighted by Crippen LogP contribution is 2.22. The molecule has 0 unspecified atom stereocenters. The van der Waals surface area contributed by atoms with Crippen LogP contribution in [0, 0.1) is 6.92 Å². The Kier molecular flexibility index (Phi) is 3.52. The van der Waals surface area contributed by atoms with Crippen molar-refractivity contribution in [2.24, 2.45) is 7.05 Å². The fourth-order valence-corrected chi connectivity index (χ4v) is 1.79. The molecular formula is C10H19N3O. The van der Waals surface area contributed by atoms with Crippen LogP contribution < -0.4 is 4.90 Å². The first-order valence-electron chi connectivity index (χ1n) is 5.03. The van der Waals surface area contributed by atoms with E-state index in [-0.39, 0.29) is 6.61 Å². The maximum absolute atomic E-state index is 9.27. The van der Waals surface area contributed by atoms with Crippen LogP contribution in [0.15, 0.2) is 0 Å². The van der Waals surface area contributed by atoms with Gasteiger partial charge in [-0.05, 0) is 20.8 Å². The molecule has 1 heterocycles. The lowest BCUT2D eigenvalue weighted by Gasteiger charge is -2.22. The topological polar surface area (TPSA) is 41.3 Å². The summed E-state index contributed by atoms with van der Waals surface area (Å²) in [5.74, 6) is 1.04. The van der Waals surface area contributed by atoms with Crippen LogP contribution in [0.5, 0.6) is 0 Å². The van der Waals surface area contributed by atoms with Gasteiger partial charge in [-0.25, -0.2) is 0 Å². The molecule has 0 aliphatic carbocycles. The minimum Gasteiger partial charge on any atom is -0.391 e. The second kappa shape index (κ2) is 4.46. The van der Waals surface area contributed by atoms with Crippen molar-refractivity contribution >= 4 is 5.82 Å². The molecule has 0 atom stereocenters. The van der Waals surface area contributed by atoms with E-state index in [9.17, 15) is 5.11 Å². The largest absolute Gasteiger partial charge is 0.391 e. The van der Waals surface area contributed by atoms with Crippen LogP contribution in [-0.4, -0.2) is 28.0 Å². The summed E-state index contributed by atoms with van der Waals surface area (Å²) in [7, 11) is 1.92. The lowest BCUT2D eigenvalue weighted by Crippen LogP contribution is -2.25. The van der Waals surface area contributed by atoms with Gasteiger partial charge in [0.25, 0.3) is 0 Å². The molecule has 0 saturated heterocycles. The summed E-state index contributed by atoms with van der Waals surface area (Å²) in [5.41, 5.74) is 1.85. The van der Waals surface area contributed by atoms with E-state index in [4.69, 9.17) is 0 Å². The number of hydrogen-bond donors (Lipinski definition) is 1. The Bertz CT molecular complexity index is 303. The number of anilines is 1. The standard InChI is InChI=1S/C10H19N3O/c1-5-13(6-2)10-9(7-14)8(3)11-12(10)4/h14H,5-7H2,1-4H3. The maximum atomic E-state index is 9.27. The smallest absolute Gasteiger partial charge is 0.132 e. The van der Waals surface area contributed by atoms with E-state index in [0.717, 1.165) is 30.2 Å². The van der Waals surface area contributed by atoms with Gasteiger partial charge in [-0.15, -0.1) is 0 Å². The first kappa shape index (κ1) is 11.0. The van der Waals surface area contributed by atoms with Gasteiger partial charge < -0.3 is 10.0 Å². The van der Waals surface area contributed by atoms with Gasteiger partial charge in [0.15, 0.2) is 0 Å². The molecular weight excluding hydrogens is 178 g/mol. The van der Waals surface area contributed by atoms with E-state index < -0.39 is 0 Å². The Morgan fingerprint density at radius 3 is 2.36 bits per heavy atom. The highest BCUT2D eigenvalue weighted by atomic mass is 16.3. The average molecular weight is 197 g/mol. The fraction of sp³-hybridized carbons (Fsp3) is 0.700. The van der Waals surface area contributed by atoms with E-state index in [2.05, 4.69) is 23.8 Å². The van der Waals surface area contributed by atoms with Crippen molar-refractivity contribution in [3.8, 4) is 0 Å². The van der Waals surface area contributed by atoms with E-state index in [0.29, 0.717) is 0 Å². The summed E-state index contributed by atoms with van der Waals surface area (Å²) in [6.07, 6.45) is 0. The van der Waals surface area contributed by atoms with Gasteiger partial charge in [-0.2, -0.15) is 5.10 Å². The van der Waals surface area contributed by atoms with Crippen molar-refractivity contribution in [3.63, 3.8) is 0 Å². The SMILES string of the molecule is CCN(CC)c1c(CO)c(C)nn1C. The van der Waals surface area contributed by atoms with Gasteiger partial charge in [-0.1, -0.05) is 0 Å². The summed E-state index contributed by atoms with van der Waals surface area (Å²) < 4.78 is 1.84. The molecule has 4 nitrogen and oxygen atoms in total. The highest BCUT2D eigenvalue weighted by molar-refractivity contribution is 5.49. The predicted molar refractivity (Wildman–Crippen MR) is 57.4 cm³/mol. The Hall–Kier alpha value is -1.03. The maximum Gasteiger partial charge on any atom is 0.132 e. The average Bonchev–Trinajstić information content (AvgIpc) is 2.44. The second-order valence-electron chi connectivity index (χ2n) is 3.34. The van der Waals surface area contributed by atoms with Crippen LogP contribution in [0.1, 0.15) is 25.1 Å². The number of aliphatic hydroxyl groups excluding tert-OH is 1. The van der Waals surface area contributed by atoms with Crippen LogP contribution in [0.2, 0.25) is 0 Å². The summed E-state index contributed by atoms with van der Waals surface area (Å²) in [5, 5.41) is 13.6. The molecule has 14 heavy (non-hydrogen) atoms. The summed E-state index contributed by atoms with van der Waals surface area (Å²) in [4.78, 5) is 2.20. The molecule has 0 saturated carbocycles. The number of aliphatic hydroxyl groups is 1. The summed E-state index contributed by atoms with van der Waals surface area (Å²) in [6, 6.07) is 0. The Balaban J connectivity index is 3.16. The van der Waals surface area contributed by atoms with Gasteiger partial charge in [0.2, 0.25) is 0 Å². The molecule has 1 N–H and O–H groups in total. The Morgan fingerprint density at radius 1 is 1.36 bits per heavy atom. The van der Waals surface area contributed by atoms with Crippen LogP contribution in [0.25, 0.3) is 0 Å². The number of rotatable bonds is 4. The minimum atomic E-state index is 0.0610. The van der Waals surface area contributed by atoms with E-state index in [1.54, 1.807) is 0 Å². The Labute approximate surface area is 85.1 Å². The molecule has 0 amide bonds. The summed E-state index contributed by atoms with van der Waals surface area (Å²) >= 11 is 0. The van der Waals surface area contributed by atoms with Crippen molar-refractivity contribution in [1.29, 1.82) is 0 Å². The highest BCUT2D eigenvalue weighted by Gasteiger charge is 2.16. The molecule has 0 bridgehead atoms.